The molecule has 2 aromatic heterocycles. The van der Waals surface area contributed by atoms with Gasteiger partial charge in [-0.15, -0.1) is 11.6 Å². The Labute approximate surface area is 179 Å². The summed E-state index contributed by atoms with van der Waals surface area (Å²) in [6.07, 6.45) is 5.17. The summed E-state index contributed by atoms with van der Waals surface area (Å²) in [6.45, 7) is 0.360. The zero-order chi connectivity index (χ0) is 20.9. The lowest BCUT2D eigenvalue weighted by Crippen LogP contribution is -2.01. The monoisotopic (exact) mass is 418 g/mol. The largest absolute Gasteiger partial charge is 0.493 e. The minimum atomic E-state index is 0.360. The van der Waals surface area contributed by atoms with Gasteiger partial charge >= 0.3 is 0 Å². The molecule has 0 aliphatic carbocycles. The number of hydrogen-bond acceptors (Lipinski definition) is 5. The van der Waals surface area contributed by atoms with Crippen LogP contribution in [0.4, 0.5) is 11.4 Å². The molecule has 0 saturated heterocycles. The van der Waals surface area contributed by atoms with Crippen LogP contribution >= 0.6 is 11.6 Å². The summed E-state index contributed by atoms with van der Waals surface area (Å²) in [4.78, 5) is 7.46. The van der Waals surface area contributed by atoms with Crippen molar-refractivity contribution in [3.63, 3.8) is 0 Å². The molecule has 2 N–H and O–H groups in total. The summed E-state index contributed by atoms with van der Waals surface area (Å²) in [5, 5.41) is 14.2. The molecule has 0 aliphatic rings. The first kappa shape index (κ1) is 19.6. The number of alkyl halides is 1. The Kier molecular flexibility index (Phi) is 5.73. The summed E-state index contributed by atoms with van der Waals surface area (Å²) in [5.41, 5.74) is 4.64. The van der Waals surface area contributed by atoms with E-state index in [-0.39, 0.29) is 0 Å². The summed E-state index contributed by atoms with van der Waals surface area (Å²) >= 11 is 5.77. The third-order valence-corrected chi connectivity index (χ3v) is 4.88. The topological polar surface area (TPSA) is 83.0 Å². The Morgan fingerprint density at radius 2 is 2.07 bits per heavy atom. The lowest BCUT2D eigenvalue weighted by atomic mass is 10.0. The molecule has 0 amide bonds. The number of aromatic amines is 1. The van der Waals surface area contributed by atoms with Gasteiger partial charge in [-0.25, -0.2) is 0 Å². The molecule has 0 atom stereocenters. The summed E-state index contributed by atoms with van der Waals surface area (Å²) in [5.74, 6) is 1.56. The Morgan fingerprint density at radius 3 is 2.87 bits per heavy atom. The van der Waals surface area contributed by atoms with Crippen LogP contribution in [0.25, 0.3) is 22.0 Å². The molecular weight excluding hydrogens is 400 g/mol. The molecule has 0 bridgehead atoms. The van der Waals surface area contributed by atoms with Gasteiger partial charge in [0.15, 0.2) is 11.5 Å². The highest BCUT2D eigenvalue weighted by Crippen LogP contribution is 2.38. The van der Waals surface area contributed by atoms with Crippen molar-refractivity contribution >= 4 is 33.9 Å². The van der Waals surface area contributed by atoms with Gasteiger partial charge in [0.25, 0.3) is 0 Å². The van der Waals surface area contributed by atoms with E-state index in [0.29, 0.717) is 35.2 Å². The smallest absolute Gasteiger partial charge is 0.161 e. The predicted molar refractivity (Wildman–Crippen MR) is 119 cm³/mol. The van der Waals surface area contributed by atoms with E-state index < -0.39 is 0 Å². The minimum absolute atomic E-state index is 0.360. The summed E-state index contributed by atoms with van der Waals surface area (Å²) < 4.78 is 11.1. The van der Waals surface area contributed by atoms with Crippen molar-refractivity contribution < 1.29 is 9.47 Å². The maximum Gasteiger partial charge on any atom is 0.161 e. The fraction of sp³-hybridized carbons (Fsp3) is 0.130. The van der Waals surface area contributed by atoms with Crippen molar-refractivity contribution in [1.82, 2.24) is 9.97 Å². The third kappa shape index (κ3) is 3.76. The quantitative estimate of drug-likeness (QED) is 0.389. The average molecular weight is 419 g/mol. The Bertz CT molecular complexity index is 1230. The van der Waals surface area contributed by atoms with Crippen molar-refractivity contribution in [2.45, 2.75) is 0 Å². The van der Waals surface area contributed by atoms with Crippen molar-refractivity contribution in [2.24, 2.45) is 0 Å². The number of rotatable bonds is 7. The molecule has 150 valence electrons. The van der Waals surface area contributed by atoms with E-state index in [1.165, 1.54) is 0 Å². The lowest BCUT2D eigenvalue weighted by Gasteiger charge is -2.16. The number of methoxy groups -OCH3 is 1. The molecule has 2 heterocycles. The van der Waals surface area contributed by atoms with Gasteiger partial charge in [-0.3, -0.25) is 4.98 Å². The molecule has 7 heteroatoms. The molecule has 0 unspecified atom stereocenters. The normalized spacial score (nSPS) is 10.6. The minimum Gasteiger partial charge on any atom is -0.493 e. The lowest BCUT2D eigenvalue weighted by molar-refractivity contribution is 0.313. The molecular formula is C23H19ClN4O2. The second-order valence-corrected chi connectivity index (χ2v) is 6.87. The van der Waals surface area contributed by atoms with E-state index in [9.17, 15) is 5.26 Å². The number of benzene rings is 2. The zero-order valence-electron chi connectivity index (χ0n) is 16.3. The predicted octanol–water partition coefficient (Wildman–Crippen LogP) is 5.47. The molecule has 6 nitrogen and oxygen atoms in total. The first-order valence-corrected chi connectivity index (χ1v) is 9.87. The van der Waals surface area contributed by atoms with E-state index in [1.54, 1.807) is 19.5 Å². The van der Waals surface area contributed by atoms with Crippen LogP contribution in [-0.4, -0.2) is 29.6 Å². The number of halogens is 1. The van der Waals surface area contributed by atoms with Crippen LogP contribution in [0.2, 0.25) is 0 Å². The number of hydrogen-bond donors (Lipinski definition) is 2. The van der Waals surface area contributed by atoms with Crippen molar-refractivity contribution in [3.8, 4) is 28.7 Å². The number of fused-ring (bicyclic) bond motifs is 1. The molecule has 0 radical (unpaired) electrons. The number of nitrogens with zero attached hydrogens (tertiary/aromatic N) is 2. The number of pyridine rings is 1. The fourth-order valence-electron chi connectivity index (χ4n) is 3.33. The molecule has 4 rings (SSSR count). The SMILES string of the molecule is COc1ccc(-c2cncc(C#N)c2Nc2cccc3[nH]ccc23)cc1OCCCl. The fourth-order valence-corrected chi connectivity index (χ4v) is 3.41. The van der Waals surface area contributed by atoms with Gasteiger partial charge < -0.3 is 19.8 Å². The number of anilines is 2. The average Bonchev–Trinajstić information content (AvgIpc) is 3.27. The third-order valence-electron chi connectivity index (χ3n) is 4.73. The summed E-state index contributed by atoms with van der Waals surface area (Å²) in [6, 6.07) is 15.8. The molecule has 0 fully saturated rings. The second kappa shape index (κ2) is 8.76. The van der Waals surface area contributed by atoms with Crippen LogP contribution in [0, 0.1) is 11.3 Å². The van der Waals surface area contributed by atoms with Crippen LogP contribution in [-0.2, 0) is 0 Å². The Hall–Kier alpha value is -3.69. The van der Waals surface area contributed by atoms with Crippen molar-refractivity contribution in [3.05, 3.63) is 66.6 Å². The van der Waals surface area contributed by atoms with E-state index in [1.807, 2.05) is 48.7 Å². The summed E-state index contributed by atoms with van der Waals surface area (Å²) in [7, 11) is 1.59. The molecule has 0 saturated carbocycles. The number of nitriles is 1. The van der Waals surface area contributed by atoms with Gasteiger partial charge in [-0.1, -0.05) is 12.1 Å². The molecule has 2 aromatic carbocycles. The number of aromatic nitrogens is 2. The van der Waals surface area contributed by atoms with E-state index in [4.69, 9.17) is 21.1 Å². The van der Waals surface area contributed by atoms with Crippen molar-refractivity contribution in [2.75, 3.05) is 24.9 Å². The molecule has 30 heavy (non-hydrogen) atoms. The second-order valence-electron chi connectivity index (χ2n) is 6.49. The van der Waals surface area contributed by atoms with Crippen LogP contribution in [0.5, 0.6) is 11.5 Å². The number of nitrogens with one attached hydrogen (secondary N) is 2. The van der Waals surface area contributed by atoms with Gasteiger partial charge in [0.05, 0.1) is 24.2 Å². The van der Waals surface area contributed by atoms with Gasteiger partial charge in [0.2, 0.25) is 0 Å². The first-order chi connectivity index (χ1) is 14.7. The Morgan fingerprint density at radius 1 is 1.17 bits per heavy atom. The van der Waals surface area contributed by atoms with E-state index in [0.717, 1.165) is 27.7 Å². The number of H-pyrrole nitrogens is 1. The van der Waals surface area contributed by atoms with Gasteiger partial charge in [0, 0.05) is 40.7 Å². The van der Waals surface area contributed by atoms with Crippen LogP contribution in [0.1, 0.15) is 5.56 Å². The van der Waals surface area contributed by atoms with Gasteiger partial charge in [0.1, 0.15) is 12.7 Å². The standard InChI is InChI=1S/C23H19ClN4O2/c1-29-21-6-5-15(11-22(21)30-10-8-24)18-14-26-13-16(12-25)23(18)28-20-4-2-3-19-17(20)7-9-27-19/h2-7,9,11,13-14,27H,8,10H2,1H3,(H,26,28). The highest BCUT2D eigenvalue weighted by Gasteiger charge is 2.15. The van der Waals surface area contributed by atoms with Gasteiger partial charge in [-0.05, 0) is 35.9 Å². The molecule has 4 aromatic rings. The maximum atomic E-state index is 9.70. The Balaban J connectivity index is 1.82. The molecule has 0 aliphatic heterocycles. The first-order valence-electron chi connectivity index (χ1n) is 9.33. The van der Waals surface area contributed by atoms with Crippen LogP contribution in [0.3, 0.4) is 0 Å². The van der Waals surface area contributed by atoms with E-state index in [2.05, 4.69) is 21.4 Å². The number of ether oxygens (including phenoxy) is 2. The van der Waals surface area contributed by atoms with Crippen molar-refractivity contribution in [1.29, 1.82) is 5.26 Å². The highest BCUT2D eigenvalue weighted by molar-refractivity contribution is 6.18. The van der Waals surface area contributed by atoms with E-state index >= 15 is 0 Å². The maximum absolute atomic E-state index is 9.70. The zero-order valence-corrected chi connectivity index (χ0v) is 17.0. The van der Waals surface area contributed by atoms with Gasteiger partial charge in [-0.2, -0.15) is 5.26 Å². The van der Waals surface area contributed by atoms with Crippen LogP contribution in [0.15, 0.2) is 61.1 Å². The highest BCUT2D eigenvalue weighted by atomic mass is 35.5. The molecule has 0 spiro atoms. The van der Waals surface area contributed by atoms with Crippen LogP contribution < -0.4 is 14.8 Å².